The molecule has 27 heavy (non-hydrogen) atoms. The lowest BCUT2D eigenvalue weighted by atomic mass is 9.74. The highest BCUT2D eigenvalue weighted by Crippen LogP contribution is 2.42. The van der Waals surface area contributed by atoms with Gasteiger partial charge in [-0.3, -0.25) is 9.59 Å². The van der Waals surface area contributed by atoms with Crippen LogP contribution in [0.15, 0.2) is 30.3 Å². The van der Waals surface area contributed by atoms with E-state index in [0.717, 1.165) is 16.9 Å². The number of benzene rings is 1. The lowest BCUT2D eigenvalue weighted by Crippen LogP contribution is -2.45. The molecule has 0 aliphatic carbocycles. The van der Waals surface area contributed by atoms with Gasteiger partial charge in [0.05, 0.1) is 17.7 Å². The lowest BCUT2D eigenvalue weighted by molar-refractivity contribution is -0.157. The Bertz CT molecular complexity index is 889. The van der Waals surface area contributed by atoms with Crippen molar-refractivity contribution in [3.8, 4) is 5.69 Å². The van der Waals surface area contributed by atoms with E-state index >= 15 is 0 Å². The van der Waals surface area contributed by atoms with Crippen molar-refractivity contribution < 1.29 is 19.4 Å². The molecule has 0 unspecified atom stereocenters. The molecule has 2 saturated heterocycles. The van der Waals surface area contributed by atoms with Gasteiger partial charge in [-0.05, 0) is 38.5 Å². The van der Waals surface area contributed by atoms with Gasteiger partial charge >= 0.3 is 5.97 Å². The molecule has 1 aromatic carbocycles. The normalized spacial score (nSPS) is 24.7. The molecule has 2 fully saturated rings. The number of aryl methyl sites for hydroxylation is 2. The summed E-state index contributed by atoms with van der Waals surface area (Å²) in [6.45, 7) is 5.33. The second-order valence-electron chi connectivity index (χ2n) is 7.59. The Balaban J connectivity index is 1.60. The number of ether oxygens (including phenoxy) is 1. The maximum absolute atomic E-state index is 13.0. The van der Waals surface area contributed by atoms with Gasteiger partial charge in [0.1, 0.15) is 0 Å². The van der Waals surface area contributed by atoms with Gasteiger partial charge in [0.25, 0.3) is 5.91 Å². The number of hydrogen-bond donors (Lipinski definition) is 1. The Kier molecular flexibility index (Phi) is 4.26. The SMILES string of the molecule is Cc1ccc(-n2nc(C(=O)N3C[C@H]4COCC[C@@]4(C(=O)O)C3)cc2C)cc1. The number of hydrogen-bond acceptors (Lipinski definition) is 4. The Morgan fingerprint density at radius 3 is 2.67 bits per heavy atom. The molecule has 2 aliphatic rings. The average molecular weight is 369 g/mol. The summed E-state index contributed by atoms with van der Waals surface area (Å²) in [7, 11) is 0. The number of aliphatic carboxylic acids is 1. The number of carboxylic acids is 1. The van der Waals surface area contributed by atoms with Crippen LogP contribution in [0.5, 0.6) is 0 Å². The van der Waals surface area contributed by atoms with Crippen LogP contribution in [0.1, 0.15) is 28.2 Å². The molecule has 2 atom stereocenters. The third kappa shape index (κ3) is 2.92. The summed E-state index contributed by atoms with van der Waals surface area (Å²) in [6, 6.07) is 9.68. The molecule has 7 nitrogen and oxygen atoms in total. The molecular formula is C20H23N3O4. The summed E-state index contributed by atoms with van der Waals surface area (Å²) >= 11 is 0. The lowest BCUT2D eigenvalue weighted by Gasteiger charge is -2.33. The molecule has 0 radical (unpaired) electrons. The van der Waals surface area contributed by atoms with Crippen molar-refractivity contribution in [3.63, 3.8) is 0 Å². The summed E-state index contributed by atoms with van der Waals surface area (Å²) < 4.78 is 7.20. The van der Waals surface area contributed by atoms with Gasteiger partial charge in [-0.2, -0.15) is 5.10 Å². The first-order valence-electron chi connectivity index (χ1n) is 9.15. The Labute approximate surface area is 157 Å². The quantitative estimate of drug-likeness (QED) is 0.895. The first-order valence-corrected chi connectivity index (χ1v) is 9.15. The first-order chi connectivity index (χ1) is 12.9. The Morgan fingerprint density at radius 2 is 2.00 bits per heavy atom. The molecule has 3 heterocycles. The average Bonchev–Trinajstić information content (AvgIpc) is 3.23. The predicted octanol–water partition coefficient (Wildman–Crippen LogP) is 2.05. The summed E-state index contributed by atoms with van der Waals surface area (Å²) in [4.78, 5) is 26.6. The van der Waals surface area contributed by atoms with E-state index in [2.05, 4.69) is 5.10 Å². The van der Waals surface area contributed by atoms with Gasteiger partial charge in [0, 0.05) is 31.3 Å². The third-order valence-corrected chi connectivity index (χ3v) is 5.81. The summed E-state index contributed by atoms with van der Waals surface area (Å²) in [5, 5.41) is 14.3. The number of carbonyl (C=O) groups excluding carboxylic acids is 1. The number of fused-ring (bicyclic) bond motifs is 1. The Morgan fingerprint density at radius 1 is 1.26 bits per heavy atom. The predicted molar refractivity (Wildman–Crippen MR) is 97.9 cm³/mol. The standard InChI is InChI=1S/C20H23N3O4/c1-13-3-5-16(6-4-13)23-14(2)9-17(21-23)18(24)22-10-15-11-27-8-7-20(15,12-22)19(25)26/h3-6,9,15H,7-8,10-12H2,1-2H3,(H,25,26)/t15-,20+/m0/s1. The summed E-state index contributed by atoms with van der Waals surface area (Å²) in [5.41, 5.74) is 2.34. The van der Waals surface area contributed by atoms with Gasteiger partial charge in [0.15, 0.2) is 5.69 Å². The molecule has 1 amide bonds. The van der Waals surface area contributed by atoms with Crippen molar-refractivity contribution in [2.45, 2.75) is 20.3 Å². The molecular weight excluding hydrogens is 346 g/mol. The van der Waals surface area contributed by atoms with E-state index in [1.54, 1.807) is 15.6 Å². The number of nitrogens with zero attached hydrogens (tertiary/aromatic N) is 3. The van der Waals surface area contributed by atoms with Gasteiger partial charge in [-0.15, -0.1) is 0 Å². The molecule has 2 aliphatic heterocycles. The van der Waals surface area contributed by atoms with Crippen LogP contribution in [-0.2, 0) is 9.53 Å². The van der Waals surface area contributed by atoms with E-state index in [1.807, 2.05) is 38.1 Å². The molecule has 7 heteroatoms. The van der Waals surface area contributed by atoms with E-state index in [1.165, 1.54) is 0 Å². The third-order valence-electron chi connectivity index (χ3n) is 5.81. The molecule has 0 saturated carbocycles. The molecule has 142 valence electrons. The Hall–Kier alpha value is -2.67. The van der Waals surface area contributed by atoms with E-state index < -0.39 is 11.4 Å². The monoisotopic (exact) mass is 369 g/mol. The van der Waals surface area contributed by atoms with Crippen molar-refractivity contribution in [1.82, 2.24) is 14.7 Å². The minimum Gasteiger partial charge on any atom is -0.481 e. The van der Waals surface area contributed by atoms with Gasteiger partial charge in [-0.1, -0.05) is 17.7 Å². The fourth-order valence-corrected chi connectivity index (χ4v) is 4.14. The summed E-state index contributed by atoms with van der Waals surface area (Å²) in [5.74, 6) is -1.24. The number of likely N-dealkylation sites (tertiary alicyclic amines) is 1. The fraction of sp³-hybridized carbons (Fsp3) is 0.450. The topological polar surface area (TPSA) is 84.7 Å². The number of amides is 1. The molecule has 2 aromatic rings. The molecule has 0 spiro atoms. The molecule has 4 rings (SSSR count). The number of aromatic nitrogens is 2. The van der Waals surface area contributed by atoms with E-state index in [-0.39, 0.29) is 18.4 Å². The second kappa shape index (κ2) is 6.49. The fourth-order valence-electron chi connectivity index (χ4n) is 4.14. The number of carbonyl (C=O) groups is 2. The number of rotatable bonds is 3. The van der Waals surface area contributed by atoms with Gasteiger partial charge < -0.3 is 14.7 Å². The van der Waals surface area contributed by atoms with Crippen LogP contribution < -0.4 is 0 Å². The van der Waals surface area contributed by atoms with E-state index in [9.17, 15) is 14.7 Å². The van der Waals surface area contributed by atoms with Crippen LogP contribution in [0.2, 0.25) is 0 Å². The molecule has 1 N–H and O–H groups in total. The van der Waals surface area contributed by atoms with Crippen LogP contribution in [0.4, 0.5) is 0 Å². The van der Waals surface area contributed by atoms with Crippen LogP contribution in [-0.4, -0.2) is 58.0 Å². The zero-order valence-corrected chi connectivity index (χ0v) is 15.5. The molecule has 0 bridgehead atoms. The maximum atomic E-state index is 13.0. The second-order valence-corrected chi connectivity index (χ2v) is 7.59. The first kappa shape index (κ1) is 17.7. The van der Waals surface area contributed by atoms with Crippen molar-refractivity contribution in [1.29, 1.82) is 0 Å². The van der Waals surface area contributed by atoms with Crippen molar-refractivity contribution >= 4 is 11.9 Å². The summed E-state index contributed by atoms with van der Waals surface area (Å²) in [6.07, 6.45) is 0.438. The van der Waals surface area contributed by atoms with E-state index in [0.29, 0.717) is 31.9 Å². The van der Waals surface area contributed by atoms with Crippen LogP contribution in [0.3, 0.4) is 0 Å². The maximum Gasteiger partial charge on any atom is 0.311 e. The van der Waals surface area contributed by atoms with E-state index in [4.69, 9.17) is 4.74 Å². The van der Waals surface area contributed by atoms with Gasteiger partial charge in [-0.25, -0.2) is 4.68 Å². The largest absolute Gasteiger partial charge is 0.481 e. The zero-order chi connectivity index (χ0) is 19.2. The van der Waals surface area contributed by atoms with Crippen molar-refractivity contribution in [2.75, 3.05) is 26.3 Å². The smallest absolute Gasteiger partial charge is 0.311 e. The molecule has 1 aromatic heterocycles. The zero-order valence-electron chi connectivity index (χ0n) is 15.5. The van der Waals surface area contributed by atoms with Crippen molar-refractivity contribution in [2.24, 2.45) is 11.3 Å². The van der Waals surface area contributed by atoms with Gasteiger partial charge in [0.2, 0.25) is 0 Å². The minimum atomic E-state index is -0.900. The highest BCUT2D eigenvalue weighted by atomic mass is 16.5. The van der Waals surface area contributed by atoms with Crippen LogP contribution >= 0.6 is 0 Å². The van der Waals surface area contributed by atoms with Crippen LogP contribution in [0, 0.1) is 25.2 Å². The highest BCUT2D eigenvalue weighted by molar-refractivity contribution is 5.93. The number of carboxylic acid groups (broad SMARTS) is 1. The minimum absolute atomic E-state index is 0.173. The highest BCUT2D eigenvalue weighted by Gasteiger charge is 2.55. The van der Waals surface area contributed by atoms with Crippen LogP contribution in [0.25, 0.3) is 5.69 Å². The van der Waals surface area contributed by atoms with Crippen molar-refractivity contribution in [3.05, 3.63) is 47.3 Å².